The number of nitrogens with zero attached hydrogens (tertiary/aromatic N) is 3. The first-order valence-electron chi connectivity index (χ1n) is 9.46. The van der Waals surface area contributed by atoms with Crippen LogP contribution in [0.25, 0.3) is 0 Å². The normalized spacial score (nSPS) is 16.4. The van der Waals surface area contributed by atoms with Crippen molar-refractivity contribution in [1.29, 1.82) is 0 Å². The Kier molecular flexibility index (Phi) is 6.39. The fraction of sp³-hybridized carbons (Fsp3) is 0.500. The van der Waals surface area contributed by atoms with E-state index in [0.29, 0.717) is 13.1 Å². The molecule has 1 N–H and O–H groups in total. The second-order valence-electron chi connectivity index (χ2n) is 6.73. The maximum absolute atomic E-state index is 13.3. The summed E-state index contributed by atoms with van der Waals surface area (Å²) in [4.78, 5) is 19.5. The average molecular weight is 358 g/mol. The predicted octanol–water partition coefficient (Wildman–Crippen LogP) is 2.93. The molecule has 0 aliphatic carbocycles. The molecule has 1 atom stereocenters. The first-order chi connectivity index (χ1) is 12.7. The second kappa shape index (κ2) is 8.94. The van der Waals surface area contributed by atoms with Gasteiger partial charge in [-0.1, -0.05) is 25.5 Å². The highest BCUT2D eigenvalue weighted by molar-refractivity contribution is 5.83. The first-order valence-corrected chi connectivity index (χ1v) is 9.46. The number of benzene rings is 1. The number of halogens is 1. The predicted molar refractivity (Wildman–Crippen MR) is 99.2 cm³/mol. The minimum Gasteiger partial charge on any atom is -0.353 e. The number of hydrogen-bond acceptors (Lipinski definition) is 3. The Balaban J connectivity index is 1.67. The molecule has 1 aromatic heterocycles. The van der Waals surface area contributed by atoms with Crippen molar-refractivity contribution >= 4 is 5.91 Å². The smallest absolute Gasteiger partial charge is 0.242 e. The van der Waals surface area contributed by atoms with Crippen LogP contribution in [-0.2, 0) is 17.8 Å². The molecule has 5 nitrogen and oxygen atoms in total. The molecule has 1 fully saturated rings. The Labute approximate surface area is 154 Å². The van der Waals surface area contributed by atoms with E-state index in [-0.39, 0.29) is 17.8 Å². The Hall–Kier alpha value is -2.21. The molecule has 1 aliphatic rings. The van der Waals surface area contributed by atoms with Gasteiger partial charge >= 0.3 is 0 Å². The van der Waals surface area contributed by atoms with Crippen LogP contribution in [0, 0.1) is 5.82 Å². The molecule has 6 heteroatoms. The molecule has 1 aliphatic heterocycles. The summed E-state index contributed by atoms with van der Waals surface area (Å²) in [7, 11) is 0. The van der Waals surface area contributed by atoms with E-state index < -0.39 is 0 Å². The van der Waals surface area contributed by atoms with Crippen LogP contribution >= 0.6 is 0 Å². The fourth-order valence-corrected chi connectivity index (χ4v) is 3.60. The van der Waals surface area contributed by atoms with Crippen LogP contribution in [0.1, 0.15) is 43.6 Å². The van der Waals surface area contributed by atoms with Crippen LogP contribution in [0.3, 0.4) is 0 Å². The van der Waals surface area contributed by atoms with Crippen molar-refractivity contribution < 1.29 is 9.18 Å². The van der Waals surface area contributed by atoms with Gasteiger partial charge in [0, 0.05) is 31.9 Å². The lowest BCUT2D eigenvalue weighted by Gasteiger charge is -2.34. The molecule has 0 spiro atoms. The highest BCUT2D eigenvalue weighted by atomic mass is 19.1. The van der Waals surface area contributed by atoms with Gasteiger partial charge in [0.1, 0.15) is 17.7 Å². The molecule has 3 rings (SSSR count). The molecule has 1 aromatic carbocycles. The number of piperidine rings is 1. The monoisotopic (exact) mass is 358 g/mol. The van der Waals surface area contributed by atoms with Crippen molar-refractivity contribution in [2.75, 3.05) is 19.6 Å². The Morgan fingerprint density at radius 3 is 2.65 bits per heavy atom. The summed E-state index contributed by atoms with van der Waals surface area (Å²) < 4.78 is 15.4. The molecule has 1 amide bonds. The number of imidazole rings is 1. The van der Waals surface area contributed by atoms with Crippen molar-refractivity contribution in [2.45, 2.75) is 45.2 Å². The lowest BCUT2D eigenvalue weighted by molar-refractivity contribution is -0.127. The van der Waals surface area contributed by atoms with Crippen LogP contribution in [-0.4, -0.2) is 40.0 Å². The number of amides is 1. The maximum atomic E-state index is 13.3. The quantitative estimate of drug-likeness (QED) is 0.828. The van der Waals surface area contributed by atoms with E-state index in [1.807, 2.05) is 6.20 Å². The van der Waals surface area contributed by atoms with E-state index in [1.165, 1.54) is 18.6 Å². The van der Waals surface area contributed by atoms with E-state index in [0.717, 1.165) is 43.7 Å². The molecular weight excluding hydrogens is 331 g/mol. The van der Waals surface area contributed by atoms with Gasteiger partial charge in [-0.15, -0.1) is 0 Å². The largest absolute Gasteiger partial charge is 0.353 e. The Bertz CT molecular complexity index is 707. The summed E-state index contributed by atoms with van der Waals surface area (Å²) >= 11 is 0. The van der Waals surface area contributed by atoms with Gasteiger partial charge in [0.15, 0.2) is 0 Å². The minimum atomic E-state index is -0.357. The zero-order chi connectivity index (χ0) is 18.4. The number of carbonyl (C=O) groups excluding carboxylic acids is 1. The standard InChI is InChI=1S/C20H27FN4O/c1-2-18-22-10-14-24(18)15-11-23-20(26)19(25-12-4-3-5-13-25)16-6-8-17(21)9-7-16/h6-10,14,19H,2-5,11-13,15H2,1H3,(H,23,26)/t19-/m0/s1. The molecule has 26 heavy (non-hydrogen) atoms. The van der Waals surface area contributed by atoms with Crippen LogP contribution in [0.2, 0.25) is 0 Å². The first kappa shape index (κ1) is 18.6. The van der Waals surface area contributed by atoms with E-state index in [2.05, 4.69) is 26.7 Å². The lowest BCUT2D eigenvalue weighted by Crippen LogP contribution is -2.43. The molecular formula is C20H27FN4O. The van der Waals surface area contributed by atoms with Crippen LogP contribution in [0.5, 0.6) is 0 Å². The van der Waals surface area contributed by atoms with Gasteiger partial charge in [0.05, 0.1) is 0 Å². The molecule has 140 valence electrons. The van der Waals surface area contributed by atoms with E-state index in [9.17, 15) is 9.18 Å². The average Bonchev–Trinajstić information content (AvgIpc) is 3.12. The van der Waals surface area contributed by atoms with Gasteiger partial charge in [-0.25, -0.2) is 9.37 Å². The number of nitrogens with one attached hydrogen (secondary N) is 1. The van der Waals surface area contributed by atoms with Gasteiger partial charge in [0.25, 0.3) is 0 Å². The Morgan fingerprint density at radius 2 is 1.96 bits per heavy atom. The third kappa shape index (κ3) is 4.49. The number of carbonyl (C=O) groups is 1. The van der Waals surface area contributed by atoms with Gasteiger partial charge in [-0.3, -0.25) is 9.69 Å². The SMILES string of the molecule is CCc1nccn1CCNC(=O)[C@H](c1ccc(F)cc1)N1CCCCC1. The van der Waals surface area contributed by atoms with Gasteiger partial charge in [-0.05, 0) is 43.6 Å². The molecule has 0 saturated carbocycles. The highest BCUT2D eigenvalue weighted by Crippen LogP contribution is 2.25. The third-order valence-electron chi connectivity index (χ3n) is 4.96. The number of aryl methyl sites for hydroxylation is 1. The van der Waals surface area contributed by atoms with Crippen molar-refractivity contribution in [3.63, 3.8) is 0 Å². The summed E-state index contributed by atoms with van der Waals surface area (Å²) in [5.74, 6) is 0.723. The van der Waals surface area contributed by atoms with E-state index in [1.54, 1.807) is 18.3 Å². The van der Waals surface area contributed by atoms with E-state index >= 15 is 0 Å². The van der Waals surface area contributed by atoms with Crippen molar-refractivity contribution in [3.8, 4) is 0 Å². The summed E-state index contributed by atoms with van der Waals surface area (Å²) in [5, 5.41) is 3.06. The third-order valence-corrected chi connectivity index (χ3v) is 4.96. The lowest BCUT2D eigenvalue weighted by atomic mass is 10.0. The van der Waals surface area contributed by atoms with Gasteiger partial charge in [-0.2, -0.15) is 0 Å². The van der Waals surface area contributed by atoms with Gasteiger partial charge in [0.2, 0.25) is 5.91 Å². The summed E-state index contributed by atoms with van der Waals surface area (Å²) in [5.41, 5.74) is 0.850. The molecule has 1 saturated heterocycles. The topological polar surface area (TPSA) is 50.2 Å². The molecule has 0 radical (unpaired) electrons. The molecule has 0 bridgehead atoms. The fourth-order valence-electron chi connectivity index (χ4n) is 3.60. The number of likely N-dealkylation sites (tertiary alicyclic amines) is 1. The minimum absolute atomic E-state index is 0.0170. The Morgan fingerprint density at radius 1 is 1.23 bits per heavy atom. The number of hydrogen-bond donors (Lipinski definition) is 1. The van der Waals surface area contributed by atoms with Gasteiger partial charge < -0.3 is 9.88 Å². The number of aromatic nitrogens is 2. The zero-order valence-corrected chi connectivity index (χ0v) is 15.3. The van der Waals surface area contributed by atoms with E-state index in [4.69, 9.17) is 0 Å². The molecule has 0 unspecified atom stereocenters. The summed E-state index contributed by atoms with van der Waals surface area (Å²) in [6.07, 6.45) is 7.99. The highest BCUT2D eigenvalue weighted by Gasteiger charge is 2.28. The summed E-state index contributed by atoms with van der Waals surface area (Å²) in [6.45, 7) is 5.12. The summed E-state index contributed by atoms with van der Waals surface area (Å²) in [6, 6.07) is 5.94. The van der Waals surface area contributed by atoms with Crippen LogP contribution in [0.4, 0.5) is 4.39 Å². The van der Waals surface area contributed by atoms with Crippen molar-refractivity contribution in [1.82, 2.24) is 19.8 Å². The van der Waals surface area contributed by atoms with Crippen LogP contribution in [0.15, 0.2) is 36.7 Å². The van der Waals surface area contributed by atoms with Crippen molar-refractivity contribution in [2.24, 2.45) is 0 Å². The second-order valence-corrected chi connectivity index (χ2v) is 6.73. The molecule has 2 heterocycles. The molecule has 2 aromatic rings. The van der Waals surface area contributed by atoms with Crippen molar-refractivity contribution in [3.05, 3.63) is 53.9 Å². The zero-order valence-electron chi connectivity index (χ0n) is 15.3. The number of rotatable bonds is 7. The maximum Gasteiger partial charge on any atom is 0.242 e. The van der Waals surface area contributed by atoms with Crippen LogP contribution < -0.4 is 5.32 Å².